The highest BCUT2D eigenvalue weighted by molar-refractivity contribution is 5.36. The van der Waals surface area contributed by atoms with Crippen LogP contribution < -0.4 is 10.6 Å². The molecule has 0 spiro atoms. The summed E-state index contributed by atoms with van der Waals surface area (Å²) in [6.45, 7) is 5.35. The van der Waals surface area contributed by atoms with E-state index in [4.69, 9.17) is 5.73 Å². The van der Waals surface area contributed by atoms with E-state index in [0.717, 1.165) is 23.8 Å². The van der Waals surface area contributed by atoms with Gasteiger partial charge >= 0.3 is 0 Å². The van der Waals surface area contributed by atoms with Gasteiger partial charge in [0.25, 0.3) is 0 Å². The molecule has 4 heteroatoms. The first-order valence-electron chi connectivity index (χ1n) is 4.36. The highest BCUT2D eigenvalue weighted by Gasteiger charge is 2.03. The summed E-state index contributed by atoms with van der Waals surface area (Å²) in [5.74, 6) is 0.883. The molecule has 13 heavy (non-hydrogen) atoms. The lowest BCUT2D eigenvalue weighted by Crippen LogP contribution is -2.26. The van der Waals surface area contributed by atoms with Crippen LogP contribution in [0.5, 0.6) is 0 Å². The minimum atomic E-state index is 0.630. The molecule has 0 aliphatic heterocycles. The molecule has 0 bridgehead atoms. The average molecular weight is 180 g/mol. The standard InChI is InChI=1S/C9H16N4/c1-7-8(2)12-9(6-11-7)13(3)5-4-10/h6H,4-5,10H2,1-3H3. The summed E-state index contributed by atoms with van der Waals surface area (Å²) in [7, 11) is 1.96. The van der Waals surface area contributed by atoms with Gasteiger partial charge in [-0.15, -0.1) is 0 Å². The molecular weight excluding hydrogens is 164 g/mol. The molecule has 0 unspecified atom stereocenters. The highest BCUT2D eigenvalue weighted by atomic mass is 15.2. The van der Waals surface area contributed by atoms with Crippen molar-refractivity contribution in [2.75, 3.05) is 25.0 Å². The van der Waals surface area contributed by atoms with Gasteiger partial charge < -0.3 is 10.6 Å². The van der Waals surface area contributed by atoms with Crippen molar-refractivity contribution in [2.45, 2.75) is 13.8 Å². The fourth-order valence-electron chi connectivity index (χ4n) is 1.02. The van der Waals surface area contributed by atoms with Crippen molar-refractivity contribution < 1.29 is 0 Å². The van der Waals surface area contributed by atoms with Crippen molar-refractivity contribution in [2.24, 2.45) is 5.73 Å². The van der Waals surface area contributed by atoms with Crippen LogP contribution in [-0.4, -0.2) is 30.1 Å². The molecule has 1 heterocycles. The fourth-order valence-corrected chi connectivity index (χ4v) is 1.02. The number of hydrogen-bond donors (Lipinski definition) is 1. The zero-order chi connectivity index (χ0) is 9.84. The van der Waals surface area contributed by atoms with Crippen LogP contribution in [0.25, 0.3) is 0 Å². The number of hydrogen-bond acceptors (Lipinski definition) is 4. The lowest BCUT2D eigenvalue weighted by atomic mass is 10.3. The number of anilines is 1. The van der Waals surface area contributed by atoms with Crippen molar-refractivity contribution >= 4 is 5.82 Å². The first kappa shape index (κ1) is 9.92. The maximum atomic E-state index is 5.44. The average Bonchev–Trinajstić information content (AvgIpc) is 2.10. The minimum Gasteiger partial charge on any atom is -0.357 e. The molecular formula is C9H16N4. The first-order chi connectivity index (χ1) is 6.15. The van der Waals surface area contributed by atoms with E-state index in [2.05, 4.69) is 9.97 Å². The Bertz CT molecular complexity index is 285. The van der Waals surface area contributed by atoms with Crippen molar-refractivity contribution in [1.82, 2.24) is 9.97 Å². The van der Waals surface area contributed by atoms with Gasteiger partial charge in [0.15, 0.2) is 0 Å². The van der Waals surface area contributed by atoms with Crippen molar-refractivity contribution in [3.8, 4) is 0 Å². The number of nitrogens with two attached hydrogens (primary N) is 1. The van der Waals surface area contributed by atoms with Gasteiger partial charge in [0.1, 0.15) is 5.82 Å². The third kappa shape index (κ3) is 2.39. The molecule has 4 nitrogen and oxygen atoms in total. The summed E-state index contributed by atoms with van der Waals surface area (Å²) in [4.78, 5) is 10.6. The molecule has 0 aliphatic rings. The van der Waals surface area contributed by atoms with Gasteiger partial charge in [-0.2, -0.15) is 0 Å². The van der Waals surface area contributed by atoms with Crippen molar-refractivity contribution in [1.29, 1.82) is 0 Å². The van der Waals surface area contributed by atoms with E-state index in [1.165, 1.54) is 0 Å². The quantitative estimate of drug-likeness (QED) is 0.735. The minimum absolute atomic E-state index is 0.630. The van der Waals surface area contributed by atoms with Gasteiger partial charge in [-0.3, -0.25) is 4.98 Å². The fraction of sp³-hybridized carbons (Fsp3) is 0.556. The van der Waals surface area contributed by atoms with E-state index < -0.39 is 0 Å². The zero-order valence-corrected chi connectivity index (χ0v) is 8.41. The number of likely N-dealkylation sites (N-methyl/N-ethyl adjacent to an activating group) is 1. The molecule has 0 atom stereocenters. The summed E-state index contributed by atoms with van der Waals surface area (Å²) < 4.78 is 0. The van der Waals surface area contributed by atoms with E-state index in [9.17, 15) is 0 Å². The zero-order valence-electron chi connectivity index (χ0n) is 8.41. The molecule has 1 rings (SSSR count). The Morgan fingerprint density at radius 1 is 1.38 bits per heavy atom. The maximum Gasteiger partial charge on any atom is 0.147 e. The number of rotatable bonds is 3. The van der Waals surface area contributed by atoms with Gasteiger partial charge in [0, 0.05) is 20.1 Å². The maximum absolute atomic E-state index is 5.44. The highest BCUT2D eigenvalue weighted by Crippen LogP contribution is 2.08. The Morgan fingerprint density at radius 3 is 2.62 bits per heavy atom. The third-order valence-electron chi connectivity index (χ3n) is 2.04. The smallest absolute Gasteiger partial charge is 0.147 e. The van der Waals surface area contributed by atoms with Crippen LogP contribution >= 0.6 is 0 Å². The number of aryl methyl sites for hydroxylation is 2. The second kappa shape index (κ2) is 4.18. The molecule has 0 amide bonds. The number of nitrogens with zero attached hydrogens (tertiary/aromatic N) is 3. The van der Waals surface area contributed by atoms with Crippen molar-refractivity contribution in [3.63, 3.8) is 0 Å². The van der Waals surface area contributed by atoms with Gasteiger partial charge in [-0.25, -0.2) is 4.98 Å². The second-order valence-corrected chi connectivity index (χ2v) is 3.11. The molecule has 0 fully saturated rings. The largest absolute Gasteiger partial charge is 0.357 e. The topological polar surface area (TPSA) is 55.0 Å². The number of aromatic nitrogens is 2. The van der Waals surface area contributed by atoms with Gasteiger partial charge in [0.05, 0.1) is 17.6 Å². The second-order valence-electron chi connectivity index (χ2n) is 3.11. The van der Waals surface area contributed by atoms with Crippen LogP contribution in [0.2, 0.25) is 0 Å². The molecule has 2 N–H and O–H groups in total. The Kier molecular flexibility index (Phi) is 3.19. The van der Waals surface area contributed by atoms with E-state index >= 15 is 0 Å². The van der Waals surface area contributed by atoms with Crippen LogP contribution in [0, 0.1) is 13.8 Å². The molecule has 0 saturated carbocycles. The predicted molar refractivity (Wildman–Crippen MR) is 53.8 cm³/mol. The van der Waals surface area contributed by atoms with Gasteiger partial charge in [-0.05, 0) is 13.8 Å². The molecule has 0 saturated heterocycles. The predicted octanol–water partition coefficient (Wildman–Crippen LogP) is 0.488. The summed E-state index contributed by atoms with van der Waals surface area (Å²) >= 11 is 0. The van der Waals surface area contributed by atoms with Crippen LogP contribution in [0.15, 0.2) is 6.20 Å². The molecule has 0 aromatic carbocycles. The first-order valence-corrected chi connectivity index (χ1v) is 4.36. The normalized spacial score (nSPS) is 10.2. The SMILES string of the molecule is Cc1ncc(N(C)CCN)nc1C. The van der Waals surface area contributed by atoms with Gasteiger partial charge in [-0.1, -0.05) is 0 Å². The van der Waals surface area contributed by atoms with E-state index in [1.807, 2.05) is 25.8 Å². The molecule has 72 valence electrons. The van der Waals surface area contributed by atoms with E-state index in [0.29, 0.717) is 6.54 Å². The molecule has 1 aromatic rings. The van der Waals surface area contributed by atoms with Crippen LogP contribution in [-0.2, 0) is 0 Å². The summed E-state index contributed by atoms with van der Waals surface area (Å²) in [6, 6.07) is 0. The Morgan fingerprint density at radius 2 is 2.08 bits per heavy atom. The Labute approximate surface area is 78.8 Å². The van der Waals surface area contributed by atoms with E-state index in [-0.39, 0.29) is 0 Å². The monoisotopic (exact) mass is 180 g/mol. The summed E-state index contributed by atoms with van der Waals surface area (Å²) in [5, 5.41) is 0. The molecule has 0 aliphatic carbocycles. The lowest BCUT2D eigenvalue weighted by Gasteiger charge is -2.17. The summed E-state index contributed by atoms with van der Waals surface area (Å²) in [5.41, 5.74) is 7.40. The van der Waals surface area contributed by atoms with Gasteiger partial charge in [0.2, 0.25) is 0 Å². The van der Waals surface area contributed by atoms with Crippen LogP contribution in [0.1, 0.15) is 11.4 Å². The molecule has 1 aromatic heterocycles. The summed E-state index contributed by atoms with van der Waals surface area (Å²) in [6.07, 6.45) is 1.78. The lowest BCUT2D eigenvalue weighted by molar-refractivity contribution is 0.854. The van der Waals surface area contributed by atoms with Crippen molar-refractivity contribution in [3.05, 3.63) is 17.6 Å². The van der Waals surface area contributed by atoms with Crippen LogP contribution in [0.3, 0.4) is 0 Å². The van der Waals surface area contributed by atoms with E-state index in [1.54, 1.807) is 6.20 Å². The Balaban J connectivity index is 2.84. The van der Waals surface area contributed by atoms with Crippen LogP contribution in [0.4, 0.5) is 5.82 Å². The Hall–Kier alpha value is -1.16. The third-order valence-corrected chi connectivity index (χ3v) is 2.04. The molecule has 0 radical (unpaired) electrons.